The van der Waals surface area contributed by atoms with E-state index in [0.29, 0.717) is 24.4 Å². The third-order valence-electron chi connectivity index (χ3n) is 4.73. The Labute approximate surface area is 156 Å². The van der Waals surface area contributed by atoms with Gasteiger partial charge in [-0.05, 0) is 30.3 Å². The zero-order valence-electron chi connectivity index (χ0n) is 14.9. The molecule has 1 saturated heterocycles. The Hall–Kier alpha value is -3.41. The van der Waals surface area contributed by atoms with Crippen molar-refractivity contribution in [2.24, 2.45) is 0 Å². The Balaban J connectivity index is 1.49. The van der Waals surface area contributed by atoms with Crippen molar-refractivity contribution >= 4 is 5.91 Å². The second kappa shape index (κ2) is 7.07. The van der Waals surface area contributed by atoms with Gasteiger partial charge in [-0.2, -0.15) is 5.10 Å². The average molecular weight is 361 g/mol. The van der Waals surface area contributed by atoms with Crippen LogP contribution in [0.15, 0.2) is 71.5 Å². The highest BCUT2D eigenvalue weighted by Crippen LogP contribution is 2.23. The summed E-state index contributed by atoms with van der Waals surface area (Å²) < 4.78 is 6.60. The molecule has 1 fully saturated rings. The van der Waals surface area contributed by atoms with Gasteiger partial charge in [0, 0.05) is 30.3 Å². The number of hydrogen-bond acceptors (Lipinski definition) is 4. The van der Waals surface area contributed by atoms with Gasteiger partial charge in [0.2, 0.25) is 0 Å². The molecule has 1 aliphatic heterocycles. The second-order valence-electron chi connectivity index (χ2n) is 6.46. The number of methoxy groups -OCH3 is 1. The van der Waals surface area contributed by atoms with Crippen molar-refractivity contribution in [2.75, 3.05) is 20.2 Å². The lowest BCUT2D eigenvalue weighted by Gasteiger charge is -2.39. The molecule has 0 atom stereocenters. The van der Waals surface area contributed by atoms with E-state index in [9.17, 15) is 9.59 Å². The highest BCUT2D eigenvalue weighted by Gasteiger charge is 2.33. The number of ether oxygens (including phenoxy) is 1. The molecule has 0 radical (unpaired) electrons. The topological polar surface area (TPSA) is 64.4 Å². The van der Waals surface area contributed by atoms with E-state index in [1.165, 1.54) is 10.7 Å². The largest absolute Gasteiger partial charge is 0.497 e. The summed E-state index contributed by atoms with van der Waals surface area (Å²) in [4.78, 5) is 26.5. The third-order valence-corrected chi connectivity index (χ3v) is 4.73. The van der Waals surface area contributed by atoms with Gasteiger partial charge in [-0.25, -0.2) is 4.68 Å². The van der Waals surface area contributed by atoms with E-state index in [0.717, 1.165) is 11.3 Å². The van der Waals surface area contributed by atoms with Crippen LogP contribution in [0.1, 0.15) is 16.4 Å². The van der Waals surface area contributed by atoms with Gasteiger partial charge in [0.25, 0.3) is 11.5 Å². The lowest BCUT2D eigenvalue weighted by atomic mass is 10.1. The zero-order valence-corrected chi connectivity index (χ0v) is 14.9. The molecule has 0 spiro atoms. The van der Waals surface area contributed by atoms with Gasteiger partial charge in [0.05, 0.1) is 18.8 Å². The van der Waals surface area contributed by atoms with Crippen LogP contribution in [0, 0.1) is 0 Å². The molecule has 1 aliphatic rings. The normalized spacial score (nSPS) is 13.9. The van der Waals surface area contributed by atoms with Crippen molar-refractivity contribution in [2.45, 2.75) is 6.04 Å². The lowest BCUT2D eigenvalue weighted by molar-refractivity contribution is 0.0493. The Bertz CT molecular complexity index is 1010. The molecule has 1 amide bonds. The number of rotatable bonds is 4. The van der Waals surface area contributed by atoms with Gasteiger partial charge in [0.15, 0.2) is 0 Å². The monoisotopic (exact) mass is 361 g/mol. The lowest BCUT2D eigenvalue weighted by Crippen LogP contribution is -2.53. The van der Waals surface area contributed by atoms with E-state index in [4.69, 9.17) is 4.74 Å². The number of carbonyl (C=O) groups excluding carboxylic acids is 1. The molecule has 0 bridgehead atoms. The maximum Gasteiger partial charge on any atom is 0.267 e. The predicted octanol–water partition coefficient (Wildman–Crippen LogP) is 2.62. The molecule has 2 aromatic carbocycles. The SMILES string of the molecule is COc1ccc(C(=O)N2CC(n3nc(-c4ccccc4)ccc3=O)C2)cc1. The fourth-order valence-corrected chi connectivity index (χ4v) is 3.14. The van der Waals surface area contributed by atoms with Crippen molar-refractivity contribution in [3.8, 4) is 17.0 Å². The van der Waals surface area contributed by atoms with Crippen LogP contribution >= 0.6 is 0 Å². The van der Waals surface area contributed by atoms with E-state index in [1.54, 1.807) is 42.3 Å². The van der Waals surface area contributed by atoms with Gasteiger partial charge in [-0.1, -0.05) is 30.3 Å². The first kappa shape index (κ1) is 17.0. The summed E-state index contributed by atoms with van der Waals surface area (Å²) >= 11 is 0. The quantitative estimate of drug-likeness (QED) is 0.717. The van der Waals surface area contributed by atoms with E-state index >= 15 is 0 Å². The minimum absolute atomic E-state index is 0.0545. The molecule has 27 heavy (non-hydrogen) atoms. The number of hydrogen-bond donors (Lipinski definition) is 0. The first-order chi connectivity index (χ1) is 13.2. The molecule has 0 aliphatic carbocycles. The number of amides is 1. The summed E-state index contributed by atoms with van der Waals surface area (Å²) in [6, 6.07) is 19.9. The fourth-order valence-electron chi connectivity index (χ4n) is 3.14. The summed E-state index contributed by atoms with van der Waals surface area (Å²) in [6.45, 7) is 0.937. The Kier molecular flexibility index (Phi) is 4.46. The number of aromatic nitrogens is 2. The van der Waals surface area contributed by atoms with Crippen molar-refractivity contribution < 1.29 is 9.53 Å². The first-order valence-electron chi connectivity index (χ1n) is 8.74. The highest BCUT2D eigenvalue weighted by atomic mass is 16.5. The predicted molar refractivity (Wildman–Crippen MR) is 102 cm³/mol. The third kappa shape index (κ3) is 3.33. The van der Waals surface area contributed by atoms with Crippen LogP contribution in [0.5, 0.6) is 5.75 Å². The molecular formula is C21H19N3O3. The van der Waals surface area contributed by atoms with Crippen molar-refractivity contribution in [1.29, 1.82) is 0 Å². The molecular weight excluding hydrogens is 342 g/mol. The van der Waals surface area contributed by atoms with Gasteiger partial charge < -0.3 is 9.64 Å². The molecule has 4 rings (SSSR count). The molecule has 0 N–H and O–H groups in total. The van der Waals surface area contributed by atoms with E-state index in [2.05, 4.69) is 5.10 Å². The minimum Gasteiger partial charge on any atom is -0.497 e. The summed E-state index contributed by atoms with van der Waals surface area (Å²) in [5, 5.41) is 4.50. The molecule has 0 saturated carbocycles. The van der Waals surface area contributed by atoms with Gasteiger partial charge in [0.1, 0.15) is 5.75 Å². The Morgan fingerprint density at radius 3 is 2.37 bits per heavy atom. The second-order valence-corrected chi connectivity index (χ2v) is 6.46. The van der Waals surface area contributed by atoms with Crippen LogP contribution in [-0.4, -0.2) is 40.8 Å². The van der Waals surface area contributed by atoms with Crippen molar-refractivity contribution in [3.05, 3.63) is 82.6 Å². The maximum atomic E-state index is 12.6. The summed E-state index contributed by atoms with van der Waals surface area (Å²) in [7, 11) is 1.59. The number of nitrogens with zero attached hydrogens (tertiary/aromatic N) is 3. The molecule has 6 heteroatoms. The van der Waals surface area contributed by atoms with Crippen LogP contribution in [0.3, 0.4) is 0 Å². The number of likely N-dealkylation sites (tertiary alicyclic amines) is 1. The van der Waals surface area contributed by atoms with Crippen molar-refractivity contribution in [1.82, 2.24) is 14.7 Å². The zero-order chi connectivity index (χ0) is 18.8. The molecule has 1 aromatic heterocycles. The summed E-state index contributed by atoms with van der Waals surface area (Å²) in [5.74, 6) is 0.655. The standard InChI is InChI=1S/C21H19N3O3/c1-27-18-9-7-16(8-10-18)21(26)23-13-17(14-23)24-20(25)12-11-19(22-24)15-5-3-2-4-6-15/h2-12,17H,13-14H2,1H3. The van der Waals surface area contributed by atoms with Crippen molar-refractivity contribution in [3.63, 3.8) is 0 Å². The van der Waals surface area contributed by atoms with Crippen LogP contribution in [-0.2, 0) is 0 Å². The minimum atomic E-state index is -0.156. The van der Waals surface area contributed by atoms with E-state index < -0.39 is 0 Å². The molecule has 136 valence electrons. The molecule has 0 unspecified atom stereocenters. The highest BCUT2D eigenvalue weighted by molar-refractivity contribution is 5.94. The van der Waals surface area contributed by atoms with Crippen LogP contribution < -0.4 is 10.3 Å². The maximum absolute atomic E-state index is 12.6. The summed E-state index contributed by atoms with van der Waals surface area (Å²) in [6.07, 6.45) is 0. The van der Waals surface area contributed by atoms with Gasteiger partial charge >= 0.3 is 0 Å². The van der Waals surface area contributed by atoms with E-state index in [-0.39, 0.29) is 17.5 Å². The van der Waals surface area contributed by atoms with Crippen LogP contribution in [0.4, 0.5) is 0 Å². The van der Waals surface area contributed by atoms with Gasteiger partial charge in [-0.3, -0.25) is 9.59 Å². The van der Waals surface area contributed by atoms with Crippen LogP contribution in [0.2, 0.25) is 0 Å². The average Bonchev–Trinajstić information content (AvgIpc) is 2.69. The smallest absolute Gasteiger partial charge is 0.267 e. The van der Waals surface area contributed by atoms with Crippen LogP contribution in [0.25, 0.3) is 11.3 Å². The Morgan fingerprint density at radius 2 is 1.70 bits per heavy atom. The molecule has 2 heterocycles. The first-order valence-corrected chi connectivity index (χ1v) is 8.74. The van der Waals surface area contributed by atoms with E-state index in [1.807, 2.05) is 30.3 Å². The van der Waals surface area contributed by atoms with Gasteiger partial charge in [-0.15, -0.1) is 0 Å². The number of carbonyl (C=O) groups is 1. The Morgan fingerprint density at radius 1 is 1.00 bits per heavy atom. The molecule has 6 nitrogen and oxygen atoms in total. The molecule has 3 aromatic rings. The number of benzene rings is 2. The summed E-state index contributed by atoms with van der Waals surface area (Å²) in [5.41, 5.74) is 2.15. The fraction of sp³-hybridized carbons (Fsp3) is 0.190.